The van der Waals surface area contributed by atoms with Crippen molar-refractivity contribution in [2.75, 3.05) is 44.7 Å². The van der Waals surface area contributed by atoms with Crippen LogP contribution < -0.4 is 15.5 Å². The van der Waals surface area contributed by atoms with Crippen molar-refractivity contribution in [1.82, 2.24) is 15.5 Å². The van der Waals surface area contributed by atoms with E-state index in [2.05, 4.69) is 55.8 Å². The maximum atomic E-state index is 12.0. The Labute approximate surface area is 197 Å². The topological polar surface area (TPSA) is 69.2 Å². The Hall–Kier alpha value is -1.71. The summed E-state index contributed by atoms with van der Waals surface area (Å²) in [5.41, 5.74) is 0.824. The fourth-order valence-corrected chi connectivity index (χ4v) is 3.99. The molecular weight excluding hydrogens is 493 g/mol. The highest BCUT2D eigenvalue weighted by molar-refractivity contribution is 14.0. The molecule has 168 valence electrons. The molecule has 0 saturated carbocycles. The van der Waals surface area contributed by atoms with Crippen LogP contribution in [0, 0.1) is 5.92 Å². The molecule has 2 atom stereocenters. The Morgan fingerprint density at radius 2 is 1.90 bits per heavy atom. The van der Waals surface area contributed by atoms with E-state index in [1.54, 1.807) is 0 Å². The van der Waals surface area contributed by atoms with Crippen molar-refractivity contribution in [3.8, 4) is 0 Å². The standard InChI is InChI=1S/C22H35N5O2.HI/c1-22(2,3)29-21(28)25-18-11-13-27(16-18)20(23-4)24-14-17-10-12-26(15-17)19-8-6-5-7-9-19;/h5-9,17-18H,10-16H2,1-4H3,(H,23,24)(H,25,28);1H. The molecule has 0 spiro atoms. The fourth-order valence-electron chi connectivity index (χ4n) is 3.99. The van der Waals surface area contributed by atoms with Gasteiger partial charge in [0.15, 0.2) is 5.96 Å². The second-order valence-electron chi connectivity index (χ2n) is 8.94. The number of halogens is 1. The van der Waals surface area contributed by atoms with Gasteiger partial charge in [0.25, 0.3) is 0 Å². The van der Waals surface area contributed by atoms with E-state index >= 15 is 0 Å². The molecule has 30 heavy (non-hydrogen) atoms. The van der Waals surface area contributed by atoms with Crippen LogP contribution in [0.1, 0.15) is 33.6 Å². The van der Waals surface area contributed by atoms with Gasteiger partial charge in [-0.05, 0) is 51.7 Å². The molecular formula is C22H36IN5O2. The molecule has 2 aliphatic heterocycles. The Bertz CT molecular complexity index is 707. The van der Waals surface area contributed by atoms with Crippen LogP contribution in [0.2, 0.25) is 0 Å². The number of carbonyl (C=O) groups is 1. The number of amides is 1. The highest BCUT2D eigenvalue weighted by Gasteiger charge is 2.29. The maximum absolute atomic E-state index is 12.0. The molecule has 0 aliphatic carbocycles. The largest absolute Gasteiger partial charge is 0.444 e. The molecule has 0 aromatic heterocycles. The van der Waals surface area contributed by atoms with E-state index in [4.69, 9.17) is 4.74 Å². The molecule has 2 heterocycles. The first-order chi connectivity index (χ1) is 13.8. The second kappa shape index (κ2) is 11.1. The summed E-state index contributed by atoms with van der Waals surface area (Å²) in [5.74, 6) is 1.52. The fraction of sp³-hybridized carbons (Fsp3) is 0.636. The highest BCUT2D eigenvalue weighted by Crippen LogP contribution is 2.23. The molecule has 1 aromatic rings. The summed E-state index contributed by atoms with van der Waals surface area (Å²) in [4.78, 5) is 21.1. The molecule has 8 heteroatoms. The molecule has 1 amide bonds. The summed E-state index contributed by atoms with van der Waals surface area (Å²) in [7, 11) is 1.82. The lowest BCUT2D eigenvalue weighted by molar-refractivity contribution is 0.0507. The summed E-state index contributed by atoms with van der Waals surface area (Å²) in [6.07, 6.45) is 1.73. The maximum Gasteiger partial charge on any atom is 0.407 e. The quantitative estimate of drug-likeness (QED) is 0.356. The minimum atomic E-state index is -0.477. The lowest BCUT2D eigenvalue weighted by atomic mass is 10.1. The second-order valence-corrected chi connectivity index (χ2v) is 8.94. The van der Waals surface area contributed by atoms with Crippen LogP contribution in [0.15, 0.2) is 35.3 Å². The van der Waals surface area contributed by atoms with Gasteiger partial charge in [0.1, 0.15) is 5.60 Å². The zero-order valence-corrected chi connectivity index (χ0v) is 20.9. The van der Waals surface area contributed by atoms with Gasteiger partial charge in [0, 0.05) is 45.5 Å². The predicted octanol–water partition coefficient (Wildman–Crippen LogP) is 3.31. The zero-order chi connectivity index (χ0) is 20.9. The molecule has 2 saturated heterocycles. The highest BCUT2D eigenvalue weighted by atomic mass is 127. The van der Waals surface area contributed by atoms with Crippen LogP contribution in [-0.4, -0.2) is 68.4 Å². The number of rotatable bonds is 4. The van der Waals surface area contributed by atoms with Crippen LogP contribution in [0.3, 0.4) is 0 Å². The predicted molar refractivity (Wildman–Crippen MR) is 133 cm³/mol. The van der Waals surface area contributed by atoms with E-state index in [0.29, 0.717) is 5.92 Å². The number of likely N-dealkylation sites (tertiary alicyclic amines) is 1. The monoisotopic (exact) mass is 529 g/mol. The number of hydrogen-bond acceptors (Lipinski definition) is 4. The van der Waals surface area contributed by atoms with Crippen molar-refractivity contribution in [2.24, 2.45) is 10.9 Å². The van der Waals surface area contributed by atoms with E-state index in [0.717, 1.165) is 45.1 Å². The molecule has 1 aromatic carbocycles. The number of anilines is 1. The van der Waals surface area contributed by atoms with Gasteiger partial charge in [-0.25, -0.2) is 4.79 Å². The third-order valence-corrected chi connectivity index (χ3v) is 5.38. The Kier molecular flexibility index (Phi) is 9.06. The third kappa shape index (κ3) is 7.21. The van der Waals surface area contributed by atoms with Crippen LogP contribution in [0.5, 0.6) is 0 Å². The normalized spacial score (nSPS) is 21.9. The number of ether oxygens (including phenoxy) is 1. The van der Waals surface area contributed by atoms with Crippen molar-refractivity contribution in [2.45, 2.75) is 45.3 Å². The average molecular weight is 529 g/mol. The number of alkyl carbamates (subject to hydrolysis) is 1. The van der Waals surface area contributed by atoms with E-state index in [9.17, 15) is 4.79 Å². The molecule has 2 N–H and O–H groups in total. The molecule has 3 rings (SSSR count). The average Bonchev–Trinajstić information content (AvgIpc) is 3.31. The Morgan fingerprint density at radius 3 is 2.57 bits per heavy atom. The number of nitrogens with one attached hydrogen (secondary N) is 2. The van der Waals surface area contributed by atoms with Crippen LogP contribution in [0.4, 0.5) is 10.5 Å². The molecule has 0 bridgehead atoms. The van der Waals surface area contributed by atoms with E-state index in [1.165, 1.54) is 12.1 Å². The summed E-state index contributed by atoms with van der Waals surface area (Å²) >= 11 is 0. The van der Waals surface area contributed by atoms with Crippen molar-refractivity contribution >= 4 is 41.7 Å². The number of carbonyl (C=O) groups excluding carboxylic acids is 1. The van der Waals surface area contributed by atoms with Crippen molar-refractivity contribution in [1.29, 1.82) is 0 Å². The van der Waals surface area contributed by atoms with Crippen molar-refractivity contribution in [3.05, 3.63) is 30.3 Å². The number of aliphatic imine (C=N–C) groups is 1. The minimum absolute atomic E-state index is 0. The zero-order valence-electron chi connectivity index (χ0n) is 18.6. The number of benzene rings is 1. The molecule has 0 radical (unpaired) electrons. The van der Waals surface area contributed by atoms with Gasteiger partial charge in [-0.2, -0.15) is 0 Å². The van der Waals surface area contributed by atoms with E-state index in [1.807, 2.05) is 27.8 Å². The van der Waals surface area contributed by atoms with Gasteiger partial charge >= 0.3 is 6.09 Å². The number of para-hydroxylation sites is 1. The van der Waals surface area contributed by atoms with E-state index < -0.39 is 5.60 Å². The van der Waals surface area contributed by atoms with Gasteiger partial charge in [-0.3, -0.25) is 4.99 Å². The first kappa shape index (κ1) is 24.6. The summed E-state index contributed by atoms with van der Waals surface area (Å²) in [5, 5.41) is 6.52. The summed E-state index contributed by atoms with van der Waals surface area (Å²) < 4.78 is 5.36. The van der Waals surface area contributed by atoms with Gasteiger partial charge in [-0.1, -0.05) is 18.2 Å². The Balaban J connectivity index is 0.00000320. The minimum Gasteiger partial charge on any atom is -0.444 e. The molecule has 2 fully saturated rings. The van der Waals surface area contributed by atoms with Gasteiger partial charge < -0.3 is 25.2 Å². The van der Waals surface area contributed by atoms with E-state index in [-0.39, 0.29) is 36.1 Å². The summed E-state index contributed by atoms with van der Waals surface area (Å²) in [6, 6.07) is 10.7. The Morgan fingerprint density at radius 1 is 1.17 bits per heavy atom. The van der Waals surface area contributed by atoms with Crippen molar-refractivity contribution in [3.63, 3.8) is 0 Å². The number of nitrogens with zero attached hydrogens (tertiary/aromatic N) is 3. The first-order valence-electron chi connectivity index (χ1n) is 10.6. The van der Waals surface area contributed by atoms with Crippen LogP contribution in [-0.2, 0) is 4.74 Å². The number of hydrogen-bond donors (Lipinski definition) is 2. The van der Waals surface area contributed by atoms with Crippen LogP contribution >= 0.6 is 24.0 Å². The smallest absolute Gasteiger partial charge is 0.407 e. The SMILES string of the molecule is CN=C(NCC1CCN(c2ccccc2)C1)N1CCC(NC(=O)OC(C)(C)C)C1.I. The van der Waals surface area contributed by atoms with Crippen molar-refractivity contribution < 1.29 is 9.53 Å². The summed E-state index contributed by atoms with van der Waals surface area (Å²) in [6.45, 7) is 10.3. The molecule has 2 unspecified atom stereocenters. The van der Waals surface area contributed by atoms with Crippen LogP contribution in [0.25, 0.3) is 0 Å². The lowest BCUT2D eigenvalue weighted by Gasteiger charge is -2.24. The third-order valence-electron chi connectivity index (χ3n) is 5.38. The van der Waals surface area contributed by atoms with Gasteiger partial charge in [0.2, 0.25) is 0 Å². The van der Waals surface area contributed by atoms with Gasteiger partial charge in [-0.15, -0.1) is 24.0 Å². The lowest BCUT2D eigenvalue weighted by Crippen LogP contribution is -2.45. The van der Waals surface area contributed by atoms with Gasteiger partial charge in [0.05, 0.1) is 6.04 Å². The first-order valence-corrected chi connectivity index (χ1v) is 10.6. The molecule has 2 aliphatic rings. The number of guanidine groups is 1. The molecule has 7 nitrogen and oxygen atoms in total.